The Balaban J connectivity index is 2.71. The van der Waals surface area contributed by atoms with Gasteiger partial charge < -0.3 is 9.30 Å². The van der Waals surface area contributed by atoms with Gasteiger partial charge in [-0.3, -0.25) is 0 Å². The Kier molecular flexibility index (Phi) is 5.64. The van der Waals surface area contributed by atoms with Gasteiger partial charge >= 0.3 is 5.97 Å². The first-order chi connectivity index (χ1) is 11.8. The Morgan fingerprint density at radius 2 is 1.88 bits per heavy atom. The minimum absolute atomic E-state index is 0.0479. The first-order valence-electron chi connectivity index (χ1n) is 8.18. The number of nitrogens with zero attached hydrogens (tertiary/aromatic N) is 2. The van der Waals surface area contributed by atoms with Crippen molar-refractivity contribution in [2.75, 3.05) is 12.9 Å². The van der Waals surface area contributed by atoms with E-state index in [2.05, 4.69) is 37.7 Å². The van der Waals surface area contributed by atoms with Gasteiger partial charge in [-0.1, -0.05) is 45.0 Å². The molecule has 0 bridgehead atoms. The summed E-state index contributed by atoms with van der Waals surface area (Å²) < 4.78 is 7.00. The molecule has 132 valence electrons. The summed E-state index contributed by atoms with van der Waals surface area (Å²) in [4.78, 5) is 16.2. The fraction of sp³-hybridized carbons (Fsp3) is 0.400. The molecule has 2 aromatic rings. The van der Waals surface area contributed by atoms with Crippen LogP contribution in [0.25, 0.3) is 16.0 Å². The van der Waals surface area contributed by atoms with Crippen LogP contribution in [0.15, 0.2) is 29.3 Å². The summed E-state index contributed by atoms with van der Waals surface area (Å²) in [7, 11) is 1.81. The second kappa shape index (κ2) is 7.37. The molecule has 4 nitrogen and oxygen atoms in total. The number of benzene rings is 1. The Morgan fingerprint density at radius 1 is 1.28 bits per heavy atom. The van der Waals surface area contributed by atoms with Crippen LogP contribution >= 0.6 is 11.8 Å². The van der Waals surface area contributed by atoms with Crippen molar-refractivity contribution in [2.45, 2.75) is 38.1 Å². The van der Waals surface area contributed by atoms with Crippen LogP contribution in [0.1, 0.15) is 43.7 Å². The highest BCUT2D eigenvalue weighted by molar-refractivity contribution is 7.98. The van der Waals surface area contributed by atoms with Crippen LogP contribution in [-0.4, -0.2) is 23.4 Å². The minimum atomic E-state index is -0.398. The molecule has 0 aliphatic carbocycles. The van der Waals surface area contributed by atoms with Gasteiger partial charge in [0.15, 0.2) is 0 Å². The predicted molar refractivity (Wildman–Crippen MR) is 104 cm³/mol. The van der Waals surface area contributed by atoms with Crippen LogP contribution in [0.2, 0.25) is 0 Å². The van der Waals surface area contributed by atoms with Gasteiger partial charge in [0.05, 0.1) is 18.2 Å². The molecule has 0 amide bonds. The predicted octanol–water partition coefficient (Wildman–Crippen LogP) is 5.44. The fourth-order valence-corrected chi connectivity index (χ4v) is 3.54. The summed E-state index contributed by atoms with van der Waals surface area (Å²) >= 11 is 1.46. The highest BCUT2D eigenvalue weighted by Gasteiger charge is 2.27. The molecule has 2 rings (SSSR count). The van der Waals surface area contributed by atoms with Gasteiger partial charge in [0.1, 0.15) is 5.69 Å². The molecule has 0 aliphatic rings. The van der Waals surface area contributed by atoms with E-state index in [1.165, 1.54) is 17.3 Å². The largest absolute Gasteiger partial charge is 0.461 e. The normalized spacial score (nSPS) is 11.2. The van der Waals surface area contributed by atoms with E-state index >= 15 is 0 Å². The van der Waals surface area contributed by atoms with E-state index in [0.717, 1.165) is 10.6 Å². The van der Waals surface area contributed by atoms with Crippen LogP contribution in [0.3, 0.4) is 0 Å². The van der Waals surface area contributed by atoms with Crippen LogP contribution in [-0.2, 0) is 17.2 Å². The number of carbonyl (C=O) groups is 1. The molecule has 0 radical (unpaired) electrons. The summed E-state index contributed by atoms with van der Waals surface area (Å²) in [5.41, 5.74) is 3.70. The third kappa shape index (κ3) is 3.59. The molecule has 0 fully saturated rings. The van der Waals surface area contributed by atoms with Crippen LogP contribution in [0.5, 0.6) is 0 Å². The lowest BCUT2D eigenvalue weighted by molar-refractivity contribution is 0.0515. The van der Waals surface area contributed by atoms with E-state index in [-0.39, 0.29) is 5.41 Å². The van der Waals surface area contributed by atoms with Crippen LogP contribution in [0, 0.1) is 6.57 Å². The minimum Gasteiger partial charge on any atom is -0.461 e. The number of thioether (sulfide) groups is 1. The lowest BCUT2D eigenvalue weighted by atomic mass is 9.86. The van der Waals surface area contributed by atoms with Gasteiger partial charge in [-0.25, -0.2) is 9.64 Å². The SMILES string of the molecule is [C-]#[N+]c1c(-c2ccc(C(C)(C)C)cc2)c(C(=O)OCC)n(C)c1SC. The van der Waals surface area contributed by atoms with Crippen molar-refractivity contribution in [3.05, 3.63) is 46.9 Å². The Morgan fingerprint density at radius 3 is 2.32 bits per heavy atom. The molecule has 0 spiro atoms. The Bertz CT molecular complexity index is 821. The second-order valence-electron chi connectivity index (χ2n) is 6.80. The Hall–Kier alpha value is -2.19. The number of rotatable bonds is 4. The van der Waals surface area contributed by atoms with E-state index in [4.69, 9.17) is 11.3 Å². The standard InChI is InChI=1S/C20H24N2O2S/c1-8-24-19(23)17-15(16(21-5)18(25-7)22(17)6)13-9-11-14(12-10-13)20(2,3)4/h9-12H,8H2,1-4,6-7H3. The maximum absolute atomic E-state index is 12.5. The first-order valence-corrected chi connectivity index (χ1v) is 9.40. The lowest BCUT2D eigenvalue weighted by Gasteiger charge is -2.19. The van der Waals surface area contributed by atoms with Crippen molar-refractivity contribution in [2.24, 2.45) is 7.05 Å². The number of aromatic nitrogens is 1. The van der Waals surface area contributed by atoms with E-state index in [0.29, 0.717) is 23.6 Å². The molecule has 5 heteroatoms. The van der Waals surface area contributed by atoms with Gasteiger partial charge in [0, 0.05) is 12.6 Å². The third-order valence-electron chi connectivity index (χ3n) is 4.13. The topological polar surface area (TPSA) is 35.6 Å². The highest BCUT2D eigenvalue weighted by Crippen LogP contribution is 2.43. The maximum Gasteiger partial charge on any atom is 0.354 e. The zero-order valence-corrected chi connectivity index (χ0v) is 16.5. The van der Waals surface area contributed by atoms with Crippen molar-refractivity contribution >= 4 is 23.4 Å². The molecule has 0 atom stereocenters. The average Bonchev–Trinajstić information content (AvgIpc) is 2.86. The summed E-state index contributed by atoms with van der Waals surface area (Å²) in [6.07, 6.45) is 1.91. The van der Waals surface area contributed by atoms with Crippen molar-refractivity contribution < 1.29 is 9.53 Å². The maximum atomic E-state index is 12.5. The van der Waals surface area contributed by atoms with E-state index in [9.17, 15) is 4.79 Å². The van der Waals surface area contributed by atoms with E-state index in [1.54, 1.807) is 18.5 Å². The van der Waals surface area contributed by atoms with Gasteiger partial charge in [0.25, 0.3) is 0 Å². The van der Waals surface area contributed by atoms with Crippen molar-refractivity contribution in [3.63, 3.8) is 0 Å². The molecule has 1 aromatic heterocycles. The van der Waals surface area contributed by atoms with Crippen molar-refractivity contribution in [3.8, 4) is 11.1 Å². The quantitative estimate of drug-likeness (QED) is 0.416. The summed E-state index contributed by atoms with van der Waals surface area (Å²) in [5, 5.41) is 0.771. The third-order valence-corrected chi connectivity index (χ3v) is 4.98. The van der Waals surface area contributed by atoms with Crippen LogP contribution < -0.4 is 0 Å². The molecular formula is C20H24N2O2S. The molecule has 1 aromatic carbocycles. The molecule has 1 heterocycles. The zero-order valence-electron chi connectivity index (χ0n) is 15.6. The number of hydrogen-bond acceptors (Lipinski definition) is 3. The summed E-state index contributed by atoms with van der Waals surface area (Å²) in [5.74, 6) is -0.398. The van der Waals surface area contributed by atoms with E-state index in [1.807, 2.05) is 18.4 Å². The van der Waals surface area contributed by atoms with Gasteiger partial charge in [-0.15, -0.1) is 11.8 Å². The summed E-state index contributed by atoms with van der Waals surface area (Å²) in [6, 6.07) is 8.09. The number of hydrogen-bond donors (Lipinski definition) is 0. The molecule has 0 N–H and O–H groups in total. The van der Waals surface area contributed by atoms with Crippen molar-refractivity contribution in [1.82, 2.24) is 4.57 Å². The molecule has 0 unspecified atom stereocenters. The molecule has 0 saturated carbocycles. The van der Waals surface area contributed by atoms with Crippen molar-refractivity contribution in [1.29, 1.82) is 0 Å². The zero-order chi connectivity index (χ0) is 18.8. The molecule has 25 heavy (non-hydrogen) atoms. The smallest absolute Gasteiger partial charge is 0.354 e. The molecule has 0 saturated heterocycles. The van der Waals surface area contributed by atoms with Gasteiger partial charge in [0.2, 0.25) is 5.69 Å². The fourth-order valence-electron chi connectivity index (χ4n) is 2.83. The van der Waals surface area contributed by atoms with Gasteiger partial charge in [-0.2, -0.15) is 0 Å². The Labute approximate surface area is 154 Å². The second-order valence-corrected chi connectivity index (χ2v) is 7.60. The summed E-state index contributed by atoms with van der Waals surface area (Å²) in [6.45, 7) is 16.2. The lowest BCUT2D eigenvalue weighted by Crippen LogP contribution is -2.12. The first kappa shape index (κ1) is 19.1. The number of carbonyl (C=O) groups excluding carboxylic acids is 1. The van der Waals surface area contributed by atoms with E-state index < -0.39 is 5.97 Å². The number of esters is 1. The van der Waals surface area contributed by atoms with Gasteiger partial charge in [-0.05, 0) is 29.7 Å². The van der Waals surface area contributed by atoms with Crippen LogP contribution in [0.4, 0.5) is 5.69 Å². The number of ether oxygens (including phenoxy) is 1. The monoisotopic (exact) mass is 356 g/mol. The molecular weight excluding hydrogens is 332 g/mol. The average molecular weight is 356 g/mol. The molecule has 0 aliphatic heterocycles. The highest BCUT2D eigenvalue weighted by atomic mass is 32.2.